The van der Waals surface area contributed by atoms with Crippen molar-refractivity contribution in [1.82, 2.24) is 4.31 Å². The van der Waals surface area contributed by atoms with Crippen molar-refractivity contribution in [3.63, 3.8) is 0 Å². The zero-order valence-electron chi connectivity index (χ0n) is 17.7. The van der Waals surface area contributed by atoms with Gasteiger partial charge >= 0.3 is 0 Å². The van der Waals surface area contributed by atoms with Gasteiger partial charge in [0.05, 0.1) is 22.3 Å². The minimum atomic E-state index is -3.77. The molecule has 0 saturated carbocycles. The normalized spacial score (nSPS) is 21.8. The molecule has 2 aliphatic rings. The number of piperazine rings is 1. The molecule has 4 rings (SSSR count). The fourth-order valence-corrected chi connectivity index (χ4v) is 7.76. The number of hydrogen-bond donors (Lipinski definition) is 0. The molecule has 2 saturated heterocycles. The Labute approximate surface area is 193 Å². The van der Waals surface area contributed by atoms with Gasteiger partial charge in [0.2, 0.25) is 26.0 Å². The Kier molecular flexibility index (Phi) is 6.00. The zero-order valence-corrected chi connectivity index (χ0v) is 20.1. The summed E-state index contributed by atoms with van der Waals surface area (Å²) in [5.74, 6) is -1.38. The lowest BCUT2D eigenvalue weighted by molar-refractivity contribution is -0.119. The molecule has 0 N–H and O–H groups in total. The van der Waals surface area contributed by atoms with Gasteiger partial charge in [-0.25, -0.2) is 21.1 Å². The molecule has 0 aliphatic carbocycles. The molecule has 1 atom stereocenters. The molecular formula is C21H24ClN3O5S2. The molecule has 0 aromatic heterocycles. The molecule has 172 valence electrons. The molecule has 0 unspecified atom stereocenters. The summed E-state index contributed by atoms with van der Waals surface area (Å²) < 4.78 is 53.5. The third-order valence-corrected chi connectivity index (χ3v) is 9.95. The lowest BCUT2D eigenvalue weighted by atomic mass is 10.2. The Balaban J connectivity index is 1.54. The number of anilines is 2. The molecule has 2 heterocycles. The van der Waals surface area contributed by atoms with Crippen LogP contribution in [-0.2, 0) is 24.8 Å². The van der Waals surface area contributed by atoms with E-state index in [9.17, 15) is 21.6 Å². The van der Waals surface area contributed by atoms with Gasteiger partial charge in [-0.3, -0.25) is 4.79 Å². The van der Waals surface area contributed by atoms with E-state index in [0.717, 1.165) is 9.99 Å². The highest BCUT2D eigenvalue weighted by Crippen LogP contribution is 2.32. The second-order valence-corrected chi connectivity index (χ2v) is 12.3. The van der Waals surface area contributed by atoms with Gasteiger partial charge < -0.3 is 4.90 Å². The number of halogens is 1. The van der Waals surface area contributed by atoms with E-state index in [-0.39, 0.29) is 16.3 Å². The maximum absolute atomic E-state index is 13.3. The Hall–Kier alpha value is -2.14. The van der Waals surface area contributed by atoms with E-state index in [2.05, 4.69) is 4.90 Å². The molecule has 0 radical (unpaired) electrons. The molecule has 11 heteroatoms. The third-order valence-electron chi connectivity index (χ3n) is 5.78. The summed E-state index contributed by atoms with van der Waals surface area (Å²) in [6.07, 6.45) is 0. The quantitative estimate of drug-likeness (QED) is 0.644. The molecule has 2 fully saturated rings. The highest BCUT2D eigenvalue weighted by Gasteiger charge is 2.42. The molecule has 2 aromatic carbocycles. The van der Waals surface area contributed by atoms with Crippen LogP contribution in [0, 0.1) is 12.8 Å². The lowest BCUT2D eigenvalue weighted by Crippen LogP contribution is -2.48. The van der Waals surface area contributed by atoms with Crippen molar-refractivity contribution in [3.05, 3.63) is 53.1 Å². The smallest absolute Gasteiger partial charge is 0.244 e. The Morgan fingerprint density at radius 1 is 1.00 bits per heavy atom. The average Bonchev–Trinajstić information content (AvgIpc) is 2.94. The third kappa shape index (κ3) is 4.12. The number of nitrogens with zero attached hydrogens (tertiary/aromatic N) is 3. The van der Waals surface area contributed by atoms with E-state index in [1.165, 1.54) is 22.5 Å². The fraction of sp³-hybridized carbons (Fsp3) is 0.381. The molecule has 2 aromatic rings. The molecule has 8 nitrogen and oxygen atoms in total. The van der Waals surface area contributed by atoms with Crippen molar-refractivity contribution in [1.29, 1.82) is 0 Å². The summed E-state index contributed by atoms with van der Waals surface area (Å²) in [7, 11) is -7.52. The van der Waals surface area contributed by atoms with Crippen molar-refractivity contribution in [2.24, 2.45) is 5.92 Å². The van der Waals surface area contributed by atoms with Crippen LogP contribution in [0.4, 0.5) is 11.4 Å². The fourth-order valence-electron chi connectivity index (χ4n) is 4.13. The first-order chi connectivity index (χ1) is 15.0. The van der Waals surface area contributed by atoms with Crippen LogP contribution in [0.5, 0.6) is 0 Å². The van der Waals surface area contributed by atoms with Crippen LogP contribution in [0.1, 0.15) is 12.5 Å². The lowest BCUT2D eigenvalue weighted by Gasteiger charge is -2.35. The second kappa shape index (κ2) is 8.33. The first-order valence-electron chi connectivity index (χ1n) is 10.2. The van der Waals surface area contributed by atoms with Gasteiger partial charge in [-0.15, -0.1) is 0 Å². The van der Waals surface area contributed by atoms with E-state index < -0.39 is 31.9 Å². The van der Waals surface area contributed by atoms with Crippen LogP contribution < -0.4 is 9.21 Å². The predicted molar refractivity (Wildman–Crippen MR) is 124 cm³/mol. The summed E-state index contributed by atoms with van der Waals surface area (Å²) in [4.78, 5) is 14.5. The van der Waals surface area contributed by atoms with Crippen molar-refractivity contribution in [2.45, 2.75) is 18.7 Å². The maximum Gasteiger partial charge on any atom is 0.244 e. The maximum atomic E-state index is 13.3. The highest BCUT2D eigenvalue weighted by molar-refractivity contribution is 7.94. The number of amides is 1. The average molecular weight is 498 g/mol. The van der Waals surface area contributed by atoms with E-state index in [1.807, 2.05) is 18.2 Å². The van der Waals surface area contributed by atoms with Crippen LogP contribution in [0.3, 0.4) is 0 Å². The largest absolute Gasteiger partial charge is 0.369 e. The summed E-state index contributed by atoms with van der Waals surface area (Å²) >= 11 is 6.06. The first-order valence-corrected chi connectivity index (χ1v) is 13.6. The minimum Gasteiger partial charge on any atom is -0.369 e. The van der Waals surface area contributed by atoms with Crippen LogP contribution in [0.25, 0.3) is 0 Å². The van der Waals surface area contributed by atoms with Crippen LogP contribution >= 0.6 is 11.6 Å². The number of hydrogen-bond acceptors (Lipinski definition) is 6. The first kappa shape index (κ1) is 23.0. The topological polar surface area (TPSA) is 95.1 Å². The van der Waals surface area contributed by atoms with Crippen molar-refractivity contribution in [3.8, 4) is 0 Å². The van der Waals surface area contributed by atoms with Crippen molar-refractivity contribution in [2.75, 3.05) is 41.1 Å². The van der Waals surface area contributed by atoms with Gasteiger partial charge in [0.25, 0.3) is 0 Å². The monoisotopic (exact) mass is 497 g/mol. The summed E-state index contributed by atoms with van der Waals surface area (Å²) in [5.41, 5.74) is 1.50. The molecule has 32 heavy (non-hydrogen) atoms. The minimum absolute atomic E-state index is 0.106. The number of rotatable bonds is 4. The van der Waals surface area contributed by atoms with E-state index >= 15 is 0 Å². The van der Waals surface area contributed by atoms with E-state index in [1.54, 1.807) is 19.9 Å². The van der Waals surface area contributed by atoms with E-state index in [0.29, 0.717) is 36.8 Å². The van der Waals surface area contributed by atoms with Crippen LogP contribution in [0.2, 0.25) is 5.02 Å². The zero-order chi connectivity index (χ0) is 23.3. The number of carbonyl (C=O) groups is 1. The van der Waals surface area contributed by atoms with Gasteiger partial charge in [-0.05, 0) is 48.9 Å². The summed E-state index contributed by atoms with van der Waals surface area (Å²) in [5, 5.41) is 0.626. The number of aryl methyl sites for hydroxylation is 1. The summed E-state index contributed by atoms with van der Waals surface area (Å²) in [6, 6.07) is 11.7. The standard InChI is InChI=1S/C21H24ClN3O5S2/c1-15-12-19(25-21(26)16(2)14-31(25,27)28)6-7-20(15)32(29,30)24-10-8-23(9-11-24)18-5-3-4-17(22)13-18/h3-7,12-13,16H,8-11,14H2,1-2H3/t16-/m0/s1. The Morgan fingerprint density at radius 3 is 2.25 bits per heavy atom. The van der Waals surface area contributed by atoms with Crippen molar-refractivity contribution < 1.29 is 21.6 Å². The summed E-state index contributed by atoms with van der Waals surface area (Å²) in [6.45, 7) is 4.84. The predicted octanol–water partition coefficient (Wildman–Crippen LogP) is 2.47. The second-order valence-electron chi connectivity index (χ2n) is 8.10. The van der Waals surface area contributed by atoms with Gasteiger partial charge in [0.15, 0.2) is 0 Å². The highest BCUT2D eigenvalue weighted by atomic mass is 35.5. The number of carbonyl (C=O) groups excluding carboxylic acids is 1. The van der Waals surface area contributed by atoms with Gasteiger partial charge in [-0.2, -0.15) is 4.31 Å². The molecular weight excluding hydrogens is 474 g/mol. The SMILES string of the molecule is Cc1cc(N2C(=O)[C@@H](C)CS2(=O)=O)ccc1S(=O)(=O)N1CCN(c2cccc(Cl)c2)CC1. The van der Waals surface area contributed by atoms with Gasteiger partial charge in [0, 0.05) is 36.9 Å². The van der Waals surface area contributed by atoms with Crippen LogP contribution in [-0.4, -0.2) is 59.0 Å². The Morgan fingerprint density at radius 2 is 1.69 bits per heavy atom. The molecule has 2 aliphatic heterocycles. The van der Waals surface area contributed by atoms with Crippen molar-refractivity contribution >= 4 is 48.9 Å². The van der Waals surface area contributed by atoms with E-state index in [4.69, 9.17) is 11.6 Å². The number of sulfonamides is 2. The molecule has 1 amide bonds. The number of benzene rings is 2. The Bertz CT molecular complexity index is 1270. The van der Waals surface area contributed by atoms with Gasteiger partial charge in [-0.1, -0.05) is 24.6 Å². The van der Waals surface area contributed by atoms with Gasteiger partial charge in [0.1, 0.15) is 0 Å². The molecule has 0 bridgehead atoms. The molecule has 0 spiro atoms. The van der Waals surface area contributed by atoms with Crippen LogP contribution in [0.15, 0.2) is 47.4 Å².